The van der Waals surface area contributed by atoms with Gasteiger partial charge in [0.15, 0.2) is 5.82 Å². The van der Waals surface area contributed by atoms with Crippen molar-refractivity contribution >= 4 is 21.8 Å². The zero-order valence-electron chi connectivity index (χ0n) is 5.84. The molecule has 1 aromatic heterocycles. The van der Waals surface area contributed by atoms with Gasteiger partial charge >= 0.3 is 0 Å². The Balaban J connectivity index is 3.16. The number of amides is 1. The van der Waals surface area contributed by atoms with Gasteiger partial charge in [-0.25, -0.2) is 15.2 Å². The van der Waals surface area contributed by atoms with E-state index in [2.05, 4.69) is 20.9 Å². The van der Waals surface area contributed by atoms with Gasteiger partial charge in [0, 0.05) is 6.20 Å². The van der Waals surface area contributed by atoms with E-state index in [0.717, 1.165) is 0 Å². The van der Waals surface area contributed by atoms with E-state index >= 15 is 0 Å². The fourth-order valence-corrected chi connectivity index (χ4v) is 1.00. The lowest BCUT2D eigenvalue weighted by molar-refractivity contribution is 0.0949. The number of rotatable bonds is 1. The summed E-state index contributed by atoms with van der Waals surface area (Å²) >= 11 is 2.84. The number of carbonyl (C=O) groups is 1. The molecule has 12 heavy (non-hydrogen) atoms. The maximum atomic E-state index is 13.0. The molecular formula is C6H5BrFN3O. The van der Waals surface area contributed by atoms with Gasteiger partial charge in [-0.15, -0.1) is 0 Å². The molecule has 0 aliphatic rings. The zero-order chi connectivity index (χ0) is 9.14. The van der Waals surface area contributed by atoms with E-state index in [9.17, 15) is 9.18 Å². The van der Waals surface area contributed by atoms with Gasteiger partial charge < -0.3 is 0 Å². The minimum atomic E-state index is -0.722. The molecule has 6 heteroatoms. The van der Waals surface area contributed by atoms with Crippen molar-refractivity contribution in [2.24, 2.45) is 5.84 Å². The molecule has 0 spiro atoms. The van der Waals surface area contributed by atoms with Crippen molar-refractivity contribution in [1.29, 1.82) is 0 Å². The third-order valence-corrected chi connectivity index (χ3v) is 1.78. The Morgan fingerprint density at radius 1 is 1.75 bits per heavy atom. The van der Waals surface area contributed by atoms with E-state index in [4.69, 9.17) is 5.84 Å². The smallest absolute Gasteiger partial charge is 0.268 e. The van der Waals surface area contributed by atoms with E-state index in [0.29, 0.717) is 0 Å². The molecule has 0 saturated heterocycles. The Bertz CT molecular complexity index is 318. The number of nitrogens with one attached hydrogen (secondary N) is 1. The third kappa shape index (κ3) is 1.59. The number of pyridine rings is 1. The molecule has 1 amide bonds. The summed E-state index contributed by atoms with van der Waals surface area (Å²) in [5.41, 5.74) is 1.68. The number of hydrogen-bond donors (Lipinski definition) is 2. The summed E-state index contributed by atoms with van der Waals surface area (Å²) in [5, 5.41) is 0. The maximum absolute atomic E-state index is 13.0. The lowest BCUT2D eigenvalue weighted by Gasteiger charge is -2.00. The summed E-state index contributed by atoms with van der Waals surface area (Å²) in [6.45, 7) is 0. The van der Waals surface area contributed by atoms with Gasteiger partial charge in [-0.1, -0.05) is 0 Å². The van der Waals surface area contributed by atoms with Crippen LogP contribution in [0.4, 0.5) is 4.39 Å². The first kappa shape index (κ1) is 9.08. The topological polar surface area (TPSA) is 68.0 Å². The number of carbonyl (C=O) groups excluding carboxylic acids is 1. The highest BCUT2D eigenvalue weighted by molar-refractivity contribution is 9.10. The van der Waals surface area contributed by atoms with Crippen molar-refractivity contribution in [3.05, 3.63) is 28.2 Å². The van der Waals surface area contributed by atoms with E-state index in [1.165, 1.54) is 12.3 Å². The summed E-state index contributed by atoms with van der Waals surface area (Å²) in [6, 6.07) is 1.24. The van der Waals surface area contributed by atoms with E-state index in [-0.39, 0.29) is 10.2 Å². The second-order valence-electron chi connectivity index (χ2n) is 1.94. The molecule has 64 valence electrons. The van der Waals surface area contributed by atoms with Crippen molar-refractivity contribution in [2.75, 3.05) is 0 Å². The van der Waals surface area contributed by atoms with Gasteiger partial charge in [0.1, 0.15) is 4.60 Å². The predicted octanol–water partition coefficient (Wildman–Crippen LogP) is 0.587. The van der Waals surface area contributed by atoms with Gasteiger partial charge in [0.05, 0.1) is 5.56 Å². The van der Waals surface area contributed by atoms with Gasteiger partial charge in [-0.2, -0.15) is 0 Å². The molecule has 1 heterocycles. The first-order chi connectivity index (χ1) is 5.66. The van der Waals surface area contributed by atoms with Gasteiger partial charge in [0.25, 0.3) is 5.91 Å². The second-order valence-corrected chi connectivity index (χ2v) is 2.69. The molecule has 0 unspecified atom stereocenters. The zero-order valence-corrected chi connectivity index (χ0v) is 7.43. The number of nitrogens with zero attached hydrogens (tertiary/aromatic N) is 1. The third-order valence-electron chi connectivity index (χ3n) is 1.22. The van der Waals surface area contributed by atoms with Crippen molar-refractivity contribution in [2.45, 2.75) is 0 Å². The van der Waals surface area contributed by atoms with Crippen molar-refractivity contribution in [1.82, 2.24) is 10.4 Å². The van der Waals surface area contributed by atoms with Crippen LogP contribution in [-0.4, -0.2) is 10.9 Å². The summed E-state index contributed by atoms with van der Waals surface area (Å²) in [5.74, 6) is 3.41. The molecule has 0 atom stereocenters. The second kappa shape index (κ2) is 3.59. The quantitative estimate of drug-likeness (QED) is 0.323. The fourth-order valence-electron chi connectivity index (χ4n) is 0.671. The first-order valence-electron chi connectivity index (χ1n) is 2.97. The van der Waals surface area contributed by atoms with Crippen LogP contribution < -0.4 is 11.3 Å². The summed E-state index contributed by atoms with van der Waals surface area (Å²) in [7, 11) is 0. The van der Waals surface area contributed by atoms with Crippen LogP contribution in [0.5, 0.6) is 0 Å². The van der Waals surface area contributed by atoms with Gasteiger partial charge in [0.2, 0.25) is 0 Å². The summed E-state index contributed by atoms with van der Waals surface area (Å²) in [6.07, 6.45) is 1.30. The van der Waals surface area contributed by atoms with Crippen molar-refractivity contribution in [3.8, 4) is 0 Å². The Hall–Kier alpha value is -1.01. The van der Waals surface area contributed by atoms with Crippen LogP contribution in [0.25, 0.3) is 0 Å². The van der Waals surface area contributed by atoms with Crippen LogP contribution in [0.1, 0.15) is 10.4 Å². The number of hydrazine groups is 1. The Kier molecular flexibility index (Phi) is 2.72. The van der Waals surface area contributed by atoms with Crippen LogP contribution in [0.3, 0.4) is 0 Å². The van der Waals surface area contributed by atoms with Crippen molar-refractivity contribution < 1.29 is 9.18 Å². The van der Waals surface area contributed by atoms with Crippen LogP contribution in [0, 0.1) is 5.82 Å². The molecule has 0 saturated carbocycles. The highest BCUT2D eigenvalue weighted by atomic mass is 79.9. The van der Waals surface area contributed by atoms with E-state index in [1.54, 1.807) is 0 Å². The Morgan fingerprint density at radius 3 is 3.00 bits per heavy atom. The van der Waals surface area contributed by atoms with E-state index in [1.807, 2.05) is 5.43 Å². The number of nitrogens with two attached hydrogens (primary N) is 1. The normalized spacial score (nSPS) is 9.58. The number of aromatic nitrogens is 1. The molecule has 1 aromatic rings. The lowest BCUT2D eigenvalue weighted by atomic mass is 10.2. The number of hydrogen-bond acceptors (Lipinski definition) is 3. The van der Waals surface area contributed by atoms with E-state index < -0.39 is 11.7 Å². The number of nitrogen functional groups attached to an aromatic ring is 1. The van der Waals surface area contributed by atoms with Gasteiger partial charge in [-0.05, 0) is 22.0 Å². The first-order valence-corrected chi connectivity index (χ1v) is 3.77. The van der Waals surface area contributed by atoms with Crippen LogP contribution in [0.15, 0.2) is 16.9 Å². The van der Waals surface area contributed by atoms with Crippen molar-refractivity contribution in [3.63, 3.8) is 0 Å². The monoisotopic (exact) mass is 233 g/mol. The molecular weight excluding hydrogens is 229 g/mol. The lowest BCUT2D eigenvalue weighted by Crippen LogP contribution is -2.30. The van der Waals surface area contributed by atoms with Crippen LogP contribution in [0.2, 0.25) is 0 Å². The summed E-state index contributed by atoms with van der Waals surface area (Å²) < 4.78 is 13.0. The fraction of sp³-hybridized carbons (Fsp3) is 0. The molecule has 0 fully saturated rings. The highest BCUT2D eigenvalue weighted by Gasteiger charge is 2.12. The average molecular weight is 234 g/mol. The standard InChI is InChI=1S/C6H5BrFN3O/c7-5-4(8)3(1-2-10-5)6(12)11-9/h1-2H,9H2,(H,11,12). The molecule has 1 rings (SSSR count). The van der Waals surface area contributed by atoms with Crippen LogP contribution >= 0.6 is 15.9 Å². The minimum absolute atomic E-state index is 0.0106. The molecule has 4 nitrogen and oxygen atoms in total. The largest absolute Gasteiger partial charge is 0.290 e. The highest BCUT2D eigenvalue weighted by Crippen LogP contribution is 2.14. The Labute approximate surface area is 76.1 Å². The van der Waals surface area contributed by atoms with Crippen LogP contribution in [-0.2, 0) is 0 Å². The molecule has 0 aliphatic carbocycles. The molecule has 0 aliphatic heterocycles. The average Bonchev–Trinajstić information content (AvgIpc) is 2.08. The molecule has 0 aromatic carbocycles. The maximum Gasteiger partial charge on any atom is 0.268 e. The minimum Gasteiger partial charge on any atom is -0.290 e. The predicted molar refractivity (Wildman–Crippen MR) is 43.5 cm³/mol. The molecule has 3 N–H and O–H groups in total. The van der Waals surface area contributed by atoms with Gasteiger partial charge in [-0.3, -0.25) is 10.2 Å². The number of halogens is 2. The Morgan fingerprint density at radius 2 is 2.42 bits per heavy atom. The SMILES string of the molecule is NNC(=O)c1ccnc(Br)c1F. The summed E-state index contributed by atoms with van der Waals surface area (Å²) in [4.78, 5) is 14.4. The molecule has 0 radical (unpaired) electrons. The molecule has 0 bridgehead atoms.